The molecule has 0 N–H and O–H groups in total. The van der Waals surface area contributed by atoms with E-state index in [1.54, 1.807) is 23.9 Å². The van der Waals surface area contributed by atoms with Crippen molar-refractivity contribution in [2.45, 2.75) is 18.9 Å². The number of methoxy groups -OCH3 is 1. The molecule has 2 aliphatic rings. The van der Waals surface area contributed by atoms with Gasteiger partial charge in [0, 0.05) is 74.8 Å². The van der Waals surface area contributed by atoms with Crippen LogP contribution in [0.1, 0.15) is 24.4 Å². The largest absolute Gasteiger partial charge is 0.494 e. The van der Waals surface area contributed by atoms with Crippen molar-refractivity contribution in [1.82, 2.24) is 34.1 Å². The van der Waals surface area contributed by atoms with Crippen LogP contribution in [0.15, 0.2) is 43.0 Å². The number of ether oxygens (including phenoxy) is 1. The Bertz CT molecular complexity index is 1320. The first-order valence-electron chi connectivity index (χ1n) is 12.8. The highest BCUT2D eigenvalue weighted by Gasteiger charge is 2.32. The van der Waals surface area contributed by atoms with Crippen LogP contribution in [-0.4, -0.2) is 100 Å². The van der Waals surface area contributed by atoms with E-state index in [2.05, 4.69) is 32.0 Å². The number of likely N-dealkylation sites (tertiary alicyclic amines) is 2. The molecule has 0 radical (unpaired) electrons. The minimum absolute atomic E-state index is 0.126. The summed E-state index contributed by atoms with van der Waals surface area (Å²) in [5.74, 6) is 1.31. The van der Waals surface area contributed by atoms with E-state index in [1.807, 2.05) is 48.4 Å². The lowest BCUT2D eigenvalue weighted by molar-refractivity contribution is -0.132. The van der Waals surface area contributed by atoms with Gasteiger partial charge in [-0.25, -0.2) is 4.52 Å². The summed E-state index contributed by atoms with van der Waals surface area (Å²) < 4.78 is 9.32. The van der Waals surface area contributed by atoms with Gasteiger partial charge < -0.3 is 19.4 Å². The first-order valence-corrected chi connectivity index (χ1v) is 12.8. The number of aromatic nitrogens is 4. The van der Waals surface area contributed by atoms with Crippen LogP contribution in [0.5, 0.6) is 5.75 Å². The van der Waals surface area contributed by atoms with E-state index in [9.17, 15) is 10.1 Å². The van der Waals surface area contributed by atoms with Gasteiger partial charge in [0.15, 0.2) is 0 Å². The molecular formula is C27H34N8O2. The van der Waals surface area contributed by atoms with Crippen molar-refractivity contribution < 1.29 is 9.53 Å². The van der Waals surface area contributed by atoms with Crippen molar-refractivity contribution in [2.75, 3.05) is 60.5 Å². The molecule has 0 aliphatic carbocycles. The zero-order valence-corrected chi connectivity index (χ0v) is 21.7. The third-order valence-electron chi connectivity index (χ3n) is 7.30. The van der Waals surface area contributed by atoms with Gasteiger partial charge in [-0.1, -0.05) is 6.08 Å². The Hall–Kier alpha value is -3.68. The third kappa shape index (κ3) is 5.38. The maximum Gasteiger partial charge on any atom is 0.246 e. The fourth-order valence-electron chi connectivity index (χ4n) is 5.23. The number of rotatable bonds is 8. The summed E-state index contributed by atoms with van der Waals surface area (Å²) in [4.78, 5) is 18.7. The van der Waals surface area contributed by atoms with Gasteiger partial charge in [0.25, 0.3) is 0 Å². The molecule has 37 heavy (non-hydrogen) atoms. The zero-order chi connectivity index (χ0) is 25.9. The van der Waals surface area contributed by atoms with Gasteiger partial charge in [0.2, 0.25) is 5.91 Å². The molecule has 0 unspecified atom stereocenters. The van der Waals surface area contributed by atoms with E-state index in [1.165, 1.54) is 0 Å². The van der Waals surface area contributed by atoms with Crippen LogP contribution in [0.3, 0.4) is 0 Å². The monoisotopic (exact) mass is 502 g/mol. The van der Waals surface area contributed by atoms with Crippen LogP contribution in [-0.2, 0) is 4.79 Å². The molecular weight excluding hydrogens is 468 g/mol. The normalized spacial score (nSPS) is 17.5. The number of fused-ring (bicyclic) bond motifs is 1. The number of amides is 1. The summed E-state index contributed by atoms with van der Waals surface area (Å²) in [5, 5.41) is 18.3. The molecule has 0 saturated carbocycles. The van der Waals surface area contributed by atoms with E-state index in [0.717, 1.165) is 63.2 Å². The summed E-state index contributed by atoms with van der Waals surface area (Å²) in [5.41, 5.74) is 3.11. The molecule has 1 amide bonds. The van der Waals surface area contributed by atoms with Crippen molar-refractivity contribution in [3.63, 3.8) is 0 Å². The highest BCUT2D eigenvalue weighted by Crippen LogP contribution is 2.31. The number of pyridine rings is 1. The second kappa shape index (κ2) is 10.7. The quantitative estimate of drug-likeness (QED) is 0.436. The van der Waals surface area contributed by atoms with Crippen LogP contribution in [0, 0.1) is 17.2 Å². The number of nitrogens with zero attached hydrogens (tertiary/aromatic N) is 8. The molecule has 3 aromatic rings. The summed E-state index contributed by atoms with van der Waals surface area (Å²) in [6.07, 6.45) is 13.2. The predicted octanol–water partition coefficient (Wildman–Crippen LogP) is 2.29. The van der Waals surface area contributed by atoms with Crippen molar-refractivity contribution in [1.29, 1.82) is 5.26 Å². The van der Waals surface area contributed by atoms with E-state index < -0.39 is 0 Å². The zero-order valence-electron chi connectivity index (χ0n) is 21.7. The average Bonchev–Trinajstić information content (AvgIpc) is 3.53. The lowest BCUT2D eigenvalue weighted by Gasteiger charge is -2.42. The number of hydrogen-bond acceptors (Lipinski definition) is 7. The Kier molecular flexibility index (Phi) is 7.26. The molecule has 0 spiro atoms. The molecule has 0 bridgehead atoms. The molecule has 3 aromatic heterocycles. The minimum Gasteiger partial charge on any atom is -0.494 e. The van der Waals surface area contributed by atoms with Gasteiger partial charge in [0.05, 0.1) is 25.5 Å². The summed E-state index contributed by atoms with van der Waals surface area (Å²) >= 11 is 0. The molecule has 194 valence electrons. The number of nitriles is 1. The highest BCUT2D eigenvalue weighted by molar-refractivity contribution is 5.88. The van der Waals surface area contributed by atoms with E-state index in [0.29, 0.717) is 28.8 Å². The SMILES string of the molecule is COc1cc(-c2cnn(C3CCN(CC4CN(C(=O)/C=C/CN(C)C)C4)CC3)c2)cn2ncc(C#N)c12. The first-order chi connectivity index (χ1) is 17.9. The highest BCUT2D eigenvalue weighted by atomic mass is 16.5. The van der Waals surface area contributed by atoms with Gasteiger partial charge in [-0.2, -0.15) is 15.5 Å². The Labute approximate surface area is 217 Å². The Balaban J connectivity index is 1.13. The van der Waals surface area contributed by atoms with Crippen LogP contribution in [0.25, 0.3) is 16.6 Å². The van der Waals surface area contributed by atoms with E-state index in [-0.39, 0.29) is 5.91 Å². The second-order valence-electron chi connectivity index (χ2n) is 10.3. The van der Waals surface area contributed by atoms with Crippen LogP contribution < -0.4 is 4.74 Å². The molecule has 5 rings (SSSR count). The van der Waals surface area contributed by atoms with Crippen molar-refractivity contribution in [2.24, 2.45) is 5.92 Å². The first kappa shape index (κ1) is 25.0. The summed E-state index contributed by atoms with van der Waals surface area (Å²) in [6.45, 7) is 5.62. The third-order valence-corrected chi connectivity index (χ3v) is 7.30. The minimum atomic E-state index is 0.126. The number of hydrogen-bond donors (Lipinski definition) is 0. The Morgan fingerprint density at radius 1 is 1.19 bits per heavy atom. The topological polar surface area (TPSA) is 94.9 Å². The van der Waals surface area contributed by atoms with Gasteiger partial charge in [-0.15, -0.1) is 0 Å². The van der Waals surface area contributed by atoms with Crippen molar-refractivity contribution in [3.8, 4) is 22.9 Å². The fraction of sp³-hybridized carbons (Fsp3) is 0.481. The molecule has 0 aromatic carbocycles. The van der Waals surface area contributed by atoms with Crippen LogP contribution in [0.4, 0.5) is 0 Å². The van der Waals surface area contributed by atoms with Gasteiger partial charge in [-0.3, -0.25) is 9.48 Å². The van der Waals surface area contributed by atoms with Gasteiger partial charge in [0.1, 0.15) is 22.9 Å². The van der Waals surface area contributed by atoms with E-state index >= 15 is 0 Å². The number of likely N-dealkylation sites (N-methyl/N-ethyl adjacent to an activating group) is 1. The van der Waals surface area contributed by atoms with Crippen molar-refractivity contribution in [3.05, 3.63) is 48.6 Å². The maximum absolute atomic E-state index is 12.2. The smallest absolute Gasteiger partial charge is 0.246 e. The molecule has 2 fully saturated rings. The maximum atomic E-state index is 12.2. The Morgan fingerprint density at radius 3 is 2.68 bits per heavy atom. The van der Waals surface area contributed by atoms with Crippen LogP contribution in [0.2, 0.25) is 0 Å². The lowest BCUT2D eigenvalue weighted by atomic mass is 9.97. The average molecular weight is 503 g/mol. The molecule has 10 heteroatoms. The van der Waals surface area contributed by atoms with Gasteiger partial charge >= 0.3 is 0 Å². The number of piperidine rings is 1. The molecule has 0 atom stereocenters. The van der Waals surface area contributed by atoms with Crippen molar-refractivity contribution >= 4 is 11.4 Å². The van der Waals surface area contributed by atoms with Crippen LogP contribution >= 0.6 is 0 Å². The molecule has 2 aliphatic heterocycles. The second-order valence-corrected chi connectivity index (χ2v) is 10.3. The van der Waals surface area contributed by atoms with E-state index in [4.69, 9.17) is 4.74 Å². The Morgan fingerprint density at radius 2 is 1.97 bits per heavy atom. The molecule has 5 heterocycles. The standard InChI is InChI=1S/C27H34N8O2/c1-31(2)8-4-5-26(36)33-16-20(17-33)15-32-9-6-24(7-10-32)34-19-23(14-29-34)21-11-25(37-3)27-22(12-28)13-30-35(27)18-21/h4-5,11,13-14,18-20,24H,6-10,15-17H2,1-3H3/b5-4+. The predicted molar refractivity (Wildman–Crippen MR) is 140 cm³/mol. The molecule has 10 nitrogen and oxygen atoms in total. The number of carbonyl (C=O) groups excluding carboxylic acids is 1. The summed E-state index contributed by atoms with van der Waals surface area (Å²) in [6, 6.07) is 4.47. The fourth-order valence-corrected chi connectivity index (χ4v) is 5.23. The lowest BCUT2D eigenvalue weighted by Crippen LogP contribution is -2.54. The number of carbonyl (C=O) groups is 1. The van der Waals surface area contributed by atoms with Gasteiger partial charge in [-0.05, 0) is 33.0 Å². The molecule has 2 saturated heterocycles. The summed E-state index contributed by atoms with van der Waals surface area (Å²) in [7, 11) is 5.59.